The van der Waals surface area contributed by atoms with Crippen LogP contribution in [-0.4, -0.2) is 21.5 Å². The van der Waals surface area contributed by atoms with Crippen LogP contribution in [0.2, 0.25) is 16.6 Å². The van der Waals surface area contributed by atoms with E-state index in [1.807, 2.05) is 38.1 Å². The third-order valence-electron chi connectivity index (χ3n) is 4.95. The fourth-order valence-corrected chi connectivity index (χ4v) is 10.9. The number of hydrogen-bond acceptors (Lipinski definition) is 4. The van der Waals surface area contributed by atoms with Gasteiger partial charge in [-0.2, -0.15) is 0 Å². The van der Waals surface area contributed by atoms with Crippen LogP contribution in [-0.2, 0) is 19.8 Å². The van der Waals surface area contributed by atoms with Crippen molar-refractivity contribution in [3.8, 4) is 5.75 Å². The Morgan fingerprint density at radius 3 is 1.62 bits per heavy atom. The van der Waals surface area contributed by atoms with Gasteiger partial charge in [0.2, 0.25) is 0 Å². The van der Waals surface area contributed by atoms with E-state index in [0.717, 1.165) is 11.3 Å². The summed E-state index contributed by atoms with van der Waals surface area (Å²) in [7, 11) is -5.04. The van der Waals surface area contributed by atoms with Crippen LogP contribution in [0.4, 0.5) is 0 Å². The van der Waals surface area contributed by atoms with Gasteiger partial charge in [0, 0.05) is 0 Å². The zero-order valence-electron chi connectivity index (χ0n) is 17.7. The maximum absolute atomic E-state index is 12.7. The van der Waals surface area contributed by atoms with Crippen LogP contribution < -0.4 is 4.43 Å². The van der Waals surface area contributed by atoms with E-state index < -0.39 is 15.9 Å². The lowest BCUT2D eigenvalue weighted by Crippen LogP contribution is -2.50. The minimum atomic E-state index is -3.08. The van der Waals surface area contributed by atoms with Gasteiger partial charge >= 0.3 is 7.60 Å². The van der Waals surface area contributed by atoms with Gasteiger partial charge in [-0.15, -0.1) is 0 Å². The van der Waals surface area contributed by atoms with E-state index >= 15 is 0 Å². The van der Waals surface area contributed by atoms with Gasteiger partial charge in [-0.1, -0.05) is 53.7 Å². The van der Waals surface area contributed by atoms with E-state index in [1.165, 1.54) is 0 Å². The van der Waals surface area contributed by atoms with Crippen molar-refractivity contribution >= 4 is 15.9 Å². The Balaban J connectivity index is 3.00. The fourth-order valence-electron chi connectivity index (χ4n) is 3.97. The second-order valence-corrected chi connectivity index (χ2v) is 15.1. The highest BCUT2D eigenvalue weighted by molar-refractivity contribution is 7.53. The van der Waals surface area contributed by atoms with E-state index in [0.29, 0.717) is 29.8 Å². The number of hydrogen-bond donors (Lipinski definition) is 0. The summed E-state index contributed by atoms with van der Waals surface area (Å²) < 4.78 is 30.1. The molecule has 0 aliphatic carbocycles. The van der Waals surface area contributed by atoms with Crippen LogP contribution in [0.25, 0.3) is 0 Å². The molecule has 26 heavy (non-hydrogen) atoms. The molecule has 0 unspecified atom stereocenters. The van der Waals surface area contributed by atoms with Gasteiger partial charge in [0.05, 0.1) is 19.4 Å². The van der Waals surface area contributed by atoms with Crippen molar-refractivity contribution in [2.75, 3.05) is 13.2 Å². The van der Waals surface area contributed by atoms with Crippen LogP contribution in [0.15, 0.2) is 24.3 Å². The van der Waals surface area contributed by atoms with E-state index in [2.05, 4.69) is 41.5 Å². The topological polar surface area (TPSA) is 44.8 Å². The fraction of sp³-hybridized carbons (Fsp3) is 0.700. The molecule has 0 N–H and O–H groups in total. The Bertz CT molecular complexity index is 552. The molecule has 1 aromatic rings. The molecule has 0 saturated carbocycles. The lowest BCUT2D eigenvalue weighted by Gasteiger charge is -2.42. The van der Waals surface area contributed by atoms with Crippen molar-refractivity contribution in [2.45, 2.75) is 78.2 Å². The molecular formula is C20H37O4PSi. The Labute approximate surface area is 161 Å². The first kappa shape index (κ1) is 23.4. The highest BCUT2D eigenvalue weighted by Crippen LogP contribution is 2.51. The van der Waals surface area contributed by atoms with E-state index in [9.17, 15) is 4.57 Å². The minimum absolute atomic E-state index is 0.288. The normalized spacial score (nSPS) is 13.0. The van der Waals surface area contributed by atoms with Gasteiger partial charge in [0.1, 0.15) is 5.75 Å². The number of rotatable bonds is 11. The minimum Gasteiger partial charge on any atom is -0.543 e. The molecule has 0 radical (unpaired) electrons. The molecular weight excluding hydrogens is 363 g/mol. The van der Waals surface area contributed by atoms with E-state index in [-0.39, 0.29) is 6.16 Å². The molecule has 0 aliphatic rings. The maximum atomic E-state index is 12.7. The van der Waals surface area contributed by atoms with Gasteiger partial charge in [0.15, 0.2) is 0 Å². The Kier molecular flexibility index (Phi) is 9.08. The molecule has 0 amide bonds. The van der Waals surface area contributed by atoms with Gasteiger partial charge in [-0.05, 0) is 48.2 Å². The molecule has 1 aromatic carbocycles. The smallest absolute Gasteiger partial charge is 0.335 e. The molecule has 0 heterocycles. The maximum Gasteiger partial charge on any atom is 0.335 e. The van der Waals surface area contributed by atoms with Gasteiger partial charge in [-0.25, -0.2) is 0 Å². The van der Waals surface area contributed by atoms with Crippen LogP contribution in [0.1, 0.15) is 61.0 Å². The highest BCUT2D eigenvalue weighted by atomic mass is 31.2. The standard InChI is InChI=1S/C20H37O4PSi/c1-9-22-25(21,23-10-2)15-19-11-13-20(14-12-19)24-26(16(3)4,17(5)6)18(7)8/h11-14,16-18H,9-10,15H2,1-8H3. The summed E-state index contributed by atoms with van der Waals surface area (Å²) in [6.07, 6.45) is 0.288. The van der Waals surface area contributed by atoms with Crippen LogP contribution in [0.3, 0.4) is 0 Å². The second kappa shape index (κ2) is 10.1. The molecule has 0 saturated heterocycles. The Morgan fingerprint density at radius 1 is 0.846 bits per heavy atom. The summed E-state index contributed by atoms with van der Waals surface area (Å²) in [6, 6.07) is 7.93. The lowest BCUT2D eigenvalue weighted by molar-refractivity contribution is 0.219. The van der Waals surface area contributed by atoms with Crippen molar-refractivity contribution in [3.63, 3.8) is 0 Å². The van der Waals surface area contributed by atoms with Crippen molar-refractivity contribution in [1.82, 2.24) is 0 Å². The molecule has 6 heteroatoms. The summed E-state index contributed by atoms with van der Waals surface area (Å²) >= 11 is 0. The Morgan fingerprint density at radius 2 is 1.27 bits per heavy atom. The first-order valence-corrected chi connectivity index (χ1v) is 13.6. The average molecular weight is 401 g/mol. The zero-order valence-corrected chi connectivity index (χ0v) is 19.6. The predicted octanol–water partition coefficient (Wildman–Crippen LogP) is 7.01. The highest BCUT2D eigenvalue weighted by Gasteiger charge is 2.46. The summed E-state index contributed by atoms with van der Waals surface area (Å²) in [6.45, 7) is 18.1. The summed E-state index contributed by atoms with van der Waals surface area (Å²) in [5.41, 5.74) is 2.52. The lowest BCUT2D eigenvalue weighted by atomic mass is 10.2. The molecule has 0 bridgehead atoms. The van der Waals surface area contributed by atoms with Crippen LogP contribution >= 0.6 is 7.60 Å². The SMILES string of the molecule is CCOP(=O)(Cc1ccc(O[Si](C(C)C)(C(C)C)C(C)C)cc1)OCC. The van der Waals surface area contributed by atoms with Gasteiger partial charge in [-0.3, -0.25) is 4.57 Å². The van der Waals surface area contributed by atoms with E-state index in [1.54, 1.807) is 0 Å². The summed E-state index contributed by atoms with van der Waals surface area (Å²) in [4.78, 5) is 0. The van der Waals surface area contributed by atoms with Crippen LogP contribution in [0.5, 0.6) is 5.75 Å². The predicted molar refractivity (Wildman–Crippen MR) is 113 cm³/mol. The quantitative estimate of drug-likeness (QED) is 0.296. The number of benzene rings is 1. The first-order chi connectivity index (χ1) is 12.1. The monoisotopic (exact) mass is 400 g/mol. The van der Waals surface area contributed by atoms with Gasteiger partial charge in [0.25, 0.3) is 8.32 Å². The Hall–Kier alpha value is -0.613. The molecule has 0 aliphatic heterocycles. The largest absolute Gasteiger partial charge is 0.543 e. The average Bonchev–Trinajstić information content (AvgIpc) is 2.53. The molecule has 0 fully saturated rings. The molecule has 0 atom stereocenters. The zero-order chi connectivity index (χ0) is 20.0. The molecule has 0 aromatic heterocycles. The summed E-state index contributed by atoms with van der Waals surface area (Å²) in [5, 5.41) is 0. The van der Waals surface area contributed by atoms with Crippen molar-refractivity contribution in [2.24, 2.45) is 0 Å². The van der Waals surface area contributed by atoms with Crippen LogP contribution in [0, 0.1) is 0 Å². The van der Waals surface area contributed by atoms with E-state index in [4.69, 9.17) is 13.5 Å². The molecule has 150 valence electrons. The van der Waals surface area contributed by atoms with Crippen molar-refractivity contribution < 1.29 is 18.0 Å². The summed E-state index contributed by atoms with van der Waals surface area (Å²) in [5.74, 6) is 0.902. The second-order valence-electron chi connectivity index (χ2n) is 7.67. The molecule has 0 spiro atoms. The first-order valence-electron chi connectivity index (χ1n) is 9.77. The van der Waals surface area contributed by atoms with Crippen molar-refractivity contribution in [1.29, 1.82) is 0 Å². The van der Waals surface area contributed by atoms with Crippen molar-refractivity contribution in [3.05, 3.63) is 29.8 Å². The third-order valence-corrected chi connectivity index (χ3v) is 13.0. The molecule has 4 nitrogen and oxygen atoms in total. The third kappa shape index (κ3) is 5.69. The van der Waals surface area contributed by atoms with Gasteiger partial charge < -0.3 is 13.5 Å². The molecule has 1 rings (SSSR count).